The van der Waals surface area contributed by atoms with Crippen molar-refractivity contribution < 1.29 is 14.3 Å². The Balaban J connectivity index is 1.37. The van der Waals surface area contributed by atoms with Crippen molar-refractivity contribution in [1.82, 2.24) is 14.9 Å². The summed E-state index contributed by atoms with van der Waals surface area (Å²) < 4.78 is 11.1. The predicted molar refractivity (Wildman–Crippen MR) is 109 cm³/mol. The second-order valence-electron chi connectivity index (χ2n) is 6.62. The fourth-order valence-corrected chi connectivity index (χ4v) is 2.99. The van der Waals surface area contributed by atoms with E-state index in [9.17, 15) is 4.79 Å². The topological polar surface area (TPSA) is 76.6 Å². The molecule has 1 aliphatic rings. The molecule has 1 amide bonds. The maximum absolute atomic E-state index is 12.6. The lowest BCUT2D eigenvalue weighted by Crippen LogP contribution is -2.41. The van der Waals surface area contributed by atoms with Gasteiger partial charge < -0.3 is 19.7 Å². The molecular formula is C22H22N4O3. The van der Waals surface area contributed by atoms with Crippen LogP contribution in [0.2, 0.25) is 0 Å². The highest BCUT2D eigenvalue weighted by atomic mass is 16.5. The van der Waals surface area contributed by atoms with Crippen molar-refractivity contribution in [1.29, 1.82) is 0 Å². The van der Waals surface area contributed by atoms with Crippen LogP contribution in [-0.4, -0.2) is 47.1 Å². The number of aromatic nitrogens is 2. The van der Waals surface area contributed by atoms with E-state index >= 15 is 0 Å². The van der Waals surface area contributed by atoms with E-state index in [1.807, 2.05) is 54.6 Å². The Morgan fingerprint density at radius 1 is 1.03 bits per heavy atom. The van der Waals surface area contributed by atoms with Gasteiger partial charge in [-0.3, -0.25) is 4.79 Å². The van der Waals surface area contributed by atoms with Crippen molar-refractivity contribution in [3.8, 4) is 5.75 Å². The van der Waals surface area contributed by atoms with Crippen molar-refractivity contribution >= 4 is 17.4 Å². The van der Waals surface area contributed by atoms with Gasteiger partial charge in [0, 0.05) is 24.8 Å². The van der Waals surface area contributed by atoms with Crippen LogP contribution in [0.5, 0.6) is 5.75 Å². The summed E-state index contributed by atoms with van der Waals surface area (Å²) in [7, 11) is 0. The Kier molecular flexibility index (Phi) is 5.97. The van der Waals surface area contributed by atoms with Crippen molar-refractivity contribution in [2.24, 2.45) is 0 Å². The third-order valence-corrected chi connectivity index (χ3v) is 4.56. The Morgan fingerprint density at radius 2 is 1.79 bits per heavy atom. The van der Waals surface area contributed by atoms with Crippen LogP contribution in [0, 0.1) is 0 Å². The van der Waals surface area contributed by atoms with Crippen LogP contribution in [0.1, 0.15) is 16.1 Å². The molecule has 0 unspecified atom stereocenters. The third-order valence-electron chi connectivity index (χ3n) is 4.56. The fourth-order valence-electron chi connectivity index (χ4n) is 2.99. The van der Waals surface area contributed by atoms with Crippen LogP contribution in [0.15, 0.2) is 67.0 Å². The SMILES string of the molecule is O=C(c1cc(Nc2ccc(OCc3ccccc3)cc2)ncn1)N1CCOCC1. The lowest BCUT2D eigenvalue weighted by Gasteiger charge is -2.26. The standard InChI is InChI=1S/C22H22N4O3/c27-22(26-10-12-28-13-11-26)20-14-21(24-16-23-20)25-18-6-8-19(9-7-18)29-15-17-4-2-1-3-5-17/h1-9,14,16H,10-13,15H2,(H,23,24,25). The second-order valence-corrected chi connectivity index (χ2v) is 6.62. The van der Waals surface area contributed by atoms with Crippen LogP contribution in [0.3, 0.4) is 0 Å². The normalized spacial score (nSPS) is 13.7. The highest BCUT2D eigenvalue weighted by Crippen LogP contribution is 2.20. The summed E-state index contributed by atoms with van der Waals surface area (Å²) in [6, 6.07) is 19.3. The molecule has 1 aromatic heterocycles. The zero-order valence-corrected chi connectivity index (χ0v) is 16.0. The first-order chi connectivity index (χ1) is 14.3. The van der Waals surface area contributed by atoms with Crippen molar-refractivity contribution in [3.63, 3.8) is 0 Å². The zero-order chi connectivity index (χ0) is 19.9. The van der Waals surface area contributed by atoms with Crippen LogP contribution >= 0.6 is 0 Å². The smallest absolute Gasteiger partial charge is 0.272 e. The van der Waals surface area contributed by atoms with Crippen LogP contribution in [-0.2, 0) is 11.3 Å². The van der Waals surface area contributed by atoms with Gasteiger partial charge in [-0.2, -0.15) is 0 Å². The molecule has 148 valence electrons. The van der Waals surface area contributed by atoms with Crippen molar-refractivity contribution in [2.45, 2.75) is 6.61 Å². The molecule has 3 aromatic rings. The largest absolute Gasteiger partial charge is 0.489 e. The van der Waals surface area contributed by atoms with E-state index in [1.165, 1.54) is 6.33 Å². The van der Waals surface area contributed by atoms with E-state index in [1.54, 1.807) is 11.0 Å². The fraction of sp³-hybridized carbons (Fsp3) is 0.227. The van der Waals surface area contributed by atoms with Gasteiger partial charge in [0.2, 0.25) is 0 Å². The zero-order valence-electron chi connectivity index (χ0n) is 16.0. The summed E-state index contributed by atoms with van der Waals surface area (Å²) in [6.07, 6.45) is 1.40. The molecule has 4 rings (SSSR count). The van der Waals surface area contributed by atoms with Gasteiger partial charge in [0.1, 0.15) is 30.2 Å². The van der Waals surface area contributed by atoms with Gasteiger partial charge in [-0.15, -0.1) is 0 Å². The number of hydrogen-bond acceptors (Lipinski definition) is 6. The Hall–Kier alpha value is -3.45. The summed E-state index contributed by atoms with van der Waals surface area (Å²) in [5.74, 6) is 1.24. The molecule has 0 radical (unpaired) electrons. The van der Waals surface area contributed by atoms with E-state index in [4.69, 9.17) is 9.47 Å². The minimum Gasteiger partial charge on any atom is -0.489 e. The molecule has 7 nitrogen and oxygen atoms in total. The molecule has 1 fully saturated rings. The number of nitrogens with zero attached hydrogens (tertiary/aromatic N) is 3. The first-order valence-corrected chi connectivity index (χ1v) is 9.51. The highest BCUT2D eigenvalue weighted by molar-refractivity contribution is 5.93. The highest BCUT2D eigenvalue weighted by Gasteiger charge is 2.20. The lowest BCUT2D eigenvalue weighted by molar-refractivity contribution is 0.0299. The molecule has 0 bridgehead atoms. The number of morpholine rings is 1. The molecule has 0 atom stereocenters. The molecule has 1 aliphatic heterocycles. The van der Waals surface area contributed by atoms with Gasteiger partial charge in [-0.05, 0) is 29.8 Å². The first kappa shape index (κ1) is 18.9. The first-order valence-electron chi connectivity index (χ1n) is 9.51. The minimum atomic E-state index is -0.108. The molecule has 29 heavy (non-hydrogen) atoms. The number of benzene rings is 2. The maximum atomic E-state index is 12.6. The second kappa shape index (κ2) is 9.16. The summed E-state index contributed by atoms with van der Waals surface area (Å²) in [5.41, 5.74) is 2.33. The molecule has 0 spiro atoms. The van der Waals surface area contributed by atoms with E-state index in [0.717, 1.165) is 17.0 Å². The number of hydrogen-bond donors (Lipinski definition) is 1. The Labute approximate surface area is 169 Å². The van der Waals surface area contributed by atoms with E-state index in [0.29, 0.717) is 44.4 Å². The lowest BCUT2D eigenvalue weighted by atomic mass is 10.2. The summed E-state index contributed by atoms with van der Waals surface area (Å²) in [6.45, 7) is 2.79. The van der Waals surface area contributed by atoms with Gasteiger partial charge >= 0.3 is 0 Å². The Morgan fingerprint density at radius 3 is 2.55 bits per heavy atom. The van der Waals surface area contributed by atoms with E-state index < -0.39 is 0 Å². The molecule has 0 aliphatic carbocycles. The van der Waals surface area contributed by atoms with Crippen LogP contribution in [0.25, 0.3) is 0 Å². The van der Waals surface area contributed by atoms with Crippen LogP contribution < -0.4 is 10.1 Å². The molecule has 1 N–H and O–H groups in total. The maximum Gasteiger partial charge on any atom is 0.272 e. The monoisotopic (exact) mass is 390 g/mol. The summed E-state index contributed by atoms with van der Waals surface area (Å²) >= 11 is 0. The molecule has 2 aromatic carbocycles. The minimum absolute atomic E-state index is 0.108. The number of carbonyl (C=O) groups excluding carboxylic acids is 1. The number of anilines is 2. The van der Waals surface area contributed by atoms with Gasteiger partial charge in [0.15, 0.2) is 0 Å². The number of ether oxygens (including phenoxy) is 2. The Bertz CT molecular complexity index is 942. The van der Waals surface area contributed by atoms with Gasteiger partial charge in [-0.25, -0.2) is 9.97 Å². The third kappa shape index (κ3) is 5.08. The van der Waals surface area contributed by atoms with Gasteiger partial charge in [-0.1, -0.05) is 30.3 Å². The van der Waals surface area contributed by atoms with E-state index in [2.05, 4.69) is 15.3 Å². The van der Waals surface area contributed by atoms with E-state index in [-0.39, 0.29) is 5.91 Å². The molecule has 0 saturated carbocycles. The number of rotatable bonds is 6. The molecular weight excluding hydrogens is 368 g/mol. The van der Waals surface area contributed by atoms with Crippen molar-refractivity contribution in [2.75, 3.05) is 31.6 Å². The molecule has 2 heterocycles. The molecule has 7 heteroatoms. The number of amides is 1. The summed E-state index contributed by atoms with van der Waals surface area (Å²) in [4.78, 5) is 22.7. The quantitative estimate of drug-likeness (QED) is 0.696. The van der Waals surface area contributed by atoms with Gasteiger partial charge in [0.05, 0.1) is 13.2 Å². The number of carbonyl (C=O) groups is 1. The predicted octanol–water partition coefficient (Wildman–Crippen LogP) is 3.27. The van der Waals surface area contributed by atoms with Crippen molar-refractivity contribution in [3.05, 3.63) is 78.2 Å². The van der Waals surface area contributed by atoms with Crippen LogP contribution in [0.4, 0.5) is 11.5 Å². The average molecular weight is 390 g/mol. The average Bonchev–Trinajstić information content (AvgIpc) is 2.79. The molecule has 1 saturated heterocycles. The van der Waals surface area contributed by atoms with Gasteiger partial charge in [0.25, 0.3) is 5.91 Å². The summed E-state index contributed by atoms with van der Waals surface area (Å²) in [5, 5.41) is 3.20. The number of nitrogens with one attached hydrogen (secondary N) is 1.